The van der Waals surface area contributed by atoms with Crippen LogP contribution in [0, 0.1) is 12.8 Å². The first-order chi connectivity index (χ1) is 13.0. The van der Waals surface area contributed by atoms with Gasteiger partial charge in [-0.05, 0) is 25.7 Å². The van der Waals surface area contributed by atoms with Crippen LogP contribution in [-0.2, 0) is 20.0 Å². The molecular formula is C18H19N3O. The fourth-order valence-corrected chi connectivity index (χ4v) is 2.98. The fourth-order valence-electron chi connectivity index (χ4n) is 2.98. The zero-order valence-electron chi connectivity index (χ0n) is 18.3. The van der Waals surface area contributed by atoms with Gasteiger partial charge in [-0.25, -0.2) is 4.98 Å². The molecule has 4 heteroatoms. The third-order valence-corrected chi connectivity index (χ3v) is 4.19. The molecule has 0 bridgehead atoms. The van der Waals surface area contributed by atoms with E-state index in [1.165, 1.54) is 4.57 Å². The number of benzene rings is 1. The van der Waals surface area contributed by atoms with Crippen LogP contribution in [0.15, 0.2) is 36.6 Å². The van der Waals surface area contributed by atoms with Crippen LogP contribution >= 0.6 is 0 Å². The molecule has 4 rings (SSSR count). The van der Waals surface area contributed by atoms with E-state index in [0.29, 0.717) is 16.7 Å². The highest BCUT2D eigenvalue weighted by Crippen LogP contribution is 2.34. The summed E-state index contributed by atoms with van der Waals surface area (Å²) in [5.41, 5.74) is 0.891. The van der Waals surface area contributed by atoms with Crippen LogP contribution in [0.3, 0.4) is 0 Å². The maximum Gasteiger partial charge on any atom is 0.170 e. The molecule has 4 nitrogen and oxygen atoms in total. The number of rotatable bonds is 2. The number of ketones is 1. The molecule has 3 aromatic rings. The van der Waals surface area contributed by atoms with Crippen LogP contribution in [-0.4, -0.2) is 19.9 Å². The molecule has 0 spiro atoms. The van der Waals surface area contributed by atoms with E-state index in [0.717, 1.165) is 0 Å². The number of carbonyl (C=O) groups excluding carboxylic acids is 1. The maximum atomic E-state index is 13.4. The van der Waals surface area contributed by atoms with Gasteiger partial charge in [0, 0.05) is 59.5 Å². The zero-order valence-corrected chi connectivity index (χ0v) is 12.3. The molecule has 1 aromatic carbocycles. The molecule has 1 aliphatic carbocycles. The molecule has 112 valence electrons. The molecule has 1 aliphatic rings. The van der Waals surface area contributed by atoms with Gasteiger partial charge in [0.2, 0.25) is 0 Å². The number of para-hydroxylation sites is 1. The average molecular weight is 299 g/mol. The number of hydrogen-bond acceptors (Lipinski definition) is 2. The number of aromatic nitrogens is 3. The molecule has 0 radical (unpaired) electrons. The quantitative estimate of drug-likeness (QED) is 0.729. The van der Waals surface area contributed by atoms with Gasteiger partial charge in [-0.1, -0.05) is 18.2 Å². The Bertz CT molecular complexity index is 1130. The van der Waals surface area contributed by atoms with Crippen molar-refractivity contribution in [1.29, 1.82) is 0 Å². The number of Topliss-reactive ketones (excluding diaryl/α,β-unsaturated/α-hetero) is 1. The average Bonchev–Trinajstić information content (AvgIpc) is 3.06. The second kappa shape index (κ2) is 4.83. The zero-order chi connectivity index (χ0) is 20.6. The normalized spacial score (nSPS) is 26.5. The van der Waals surface area contributed by atoms with E-state index in [1.807, 2.05) is 0 Å². The Morgan fingerprint density at radius 3 is 3.05 bits per heavy atom. The topological polar surface area (TPSA) is 39.8 Å². The molecule has 1 atom stereocenters. The largest absolute Gasteiger partial charge is 0.347 e. The predicted octanol–water partition coefficient (Wildman–Crippen LogP) is 3.13. The molecule has 0 saturated carbocycles. The highest BCUT2D eigenvalue weighted by molar-refractivity contribution is 6.11. The lowest BCUT2D eigenvalue weighted by molar-refractivity contribution is 0.0888. The third kappa shape index (κ3) is 1.83. The summed E-state index contributed by atoms with van der Waals surface area (Å²) >= 11 is 0. The molecule has 0 fully saturated rings. The van der Waals surface area contributed by atoms with Gasteiger partial charge in [0.05, 0.1) is 2.74 Å². The summed E-state index contributed by atoms with van der Waals surface area (Å²) in [7, 11) is 1.64. The summed E-state index contributed by atoms with van der Waals surface area (Å²) in [6, 6.07) is 7.06. The van der Waals surface area contributed by atoms with Crippen molar-refractivity contribution in [3.8, 4) is 0 Å². The van der Waals surface area contributed by atoms with E-state index in [-0.39, 0.29) is 30.1 Å². The Morgan fingerprint density at radius 2 is 2.27 bits per heavy atom. The van der Waals surface area contributed by atoms with Crippen LogP contribution in [0.25, 0.3) is 10.9 Å². The minimum atomic E-state index is -2.51. The first kappa shape index (κ1) is 8.32. The Hall–Kier alpha value is -2.36. The number of imidazole rings is 1. The Balaban J connectivity index is 1.96. The first-order valence-corrected chi connectivity index (χ1v) is 7.12. The molecule has 0 saturated heterocycles. The molecule has 22 heavy (non-hydrogen) atoms. The number of fused-ring (bicyclic) bond motifs is 3. The lowest BCUT2D eigenvalue weighted by atomic mass is 9.85. The van der Waals surface area contributed by atoms with Crippen molar-refractivity contribution < 1.29 is 13.0 Å². The van der Waals surface area contributed by atoms with Gasteiger partial charge in [0.15, 0.2) is 5.78 Å². The summed E-state index contributed by atoms with van der Waals surface area (Å²) in [5.74, 6) is -1.52. The van der Waals surface area contributed by atoms with Gasteiger partial charge < -0.3 is 9.13 Å². The molecule has 0 aliphatic heterocycles. The van der Waals surface area contributed by atoms with Crippen LogP contribution in [0.1, 0.15) is 36.5 Å². The summed E-state index contributed by atoms with van der Waals surface area (Å²) < 4.78 is 52.8. The van der Waals surface area contributed by atoms with Gasteiger partial charge >= 0.3 is 0 Å². The number of nitrogens with zero attached hydrogens (tertiary/aromatic N) is 3. The van der Waals surface area contributed by atoms with Crippen molar-refractivity contribution in [3.63, 3.8) is 0 Å². The standard InChI is InChI=1S/C18H19N3O/c1-12-19-9-10-21(12)11-13-7-8-16-17(18(13)22)14-5-3-4-6-15(14)20(16)2/h3-6,9-10,13H,7-8,11H2,1-2H3/i7D2,8D2,9D,10D. The van der Waals surface area contributed by atoms with Crippen molar-refractivity contribution in [2.75, 3.05) is 0 Å². The van der Waals surface area contributed by atoms with Crippen LogP contribution in [0.4, 0.5) is 0 Å². The van der Waals surface area contributed by atoms with Crippen LogP contribution in [0.2, 0.25) is 0 Å². The van der Waals surface area contributed by atoms with E-state index < -0.39 is 24.4 Å². The van der Waals surface area contributed by atoms with E-state index in [2.05, 4.69) is 4.98 Å². The smallest absolute Gasteiger partial charge is 0.170 e. The fraction of sp³-hybridized carbons (Fsp3) is 0.333. The maximum absolute atomic E-state index is 13.4. The van der Waals surface area contributed by atoms with Gasteiger partial charge in [0.25, 0.3) is 0 Å². The minimum absolute atomic E-state index is 0.0366. The van der Waals surface area contributed by atoms with Crippen LogP contribution in [0.5, 0.6) is 0 Å². The van der Waals surface area contributed by atoms with Crippen LogP contribution < -0.4 is 0 Å². The minimum Gasteiger partial charge on any atom is -0.347 e. The highest BCUT2D eigenvalue weighted by atomic mass is 16.1. The third-order valence-electron chi connectivity index (χ3n) is 4.19. The first-order valence-electron chi connectivity index (χ1n) is 10.1. The van der Waals surface area contributed by atoms with Gasteiger partial charge in [0.1, 0.15) is 5.82 Å². The molecule has 1 unspecified atom stereocenters. The number of carbonyl (C=O) groups is 1. The predicted molar refractivity (Wildman–Crippen MR) is 86.0 cm³/mol. The van der Waals surface area contributed by atoms with Crippen molar-refractivity contribution in [2.45, 2.75) is 26.2 Å². The second-order valence-electron chi connectivity index (χ2n) is 5.48. The second-order valence-corrected chi connectivity index (χ2v) is 5.48. The molecule has 2 aromatic heterocycles. The Labute approximate surface area is 137 Å². The van der Waals surface area contributed by atoms with Crippen molar-refractivity contribution in [3.05, 3.63) is 53.7 Å². The SMILES string of the molecule is [2H]c1nc(C)n(CC2C(=O)c3c(n(C)c4ccccc34)C([2H])([2H])C2([2H])[2H])c1[2H]. The van der Waals surface area contributed by atoms with Gasteiger partial charge in [-0.3, -0.25) is 4.79 Å². The van der Waals surface area contributed by atoms with E-state index in [9.17, 15) is 4.79 Å². The summed E-state index contributed by atoms with van der Waals surface area (Å²) in [4.78, 5) is 17.3. The summed E-state index contributed by atoms with van der Waals surface area (Å²) in [6.45, 7) is 1.33. The van der Waals surface area contributed by atoms with Crippen molar-refractivity contribution in [2.24, 2.45) is 13.0 Å². The molecule has 0 N–H and O–H groups in total. The number of aryl methyl sites for hydroxylation is 2. The lowest BCUT2D eigenvalue weighted by Gasteiger charge is -2.23. The van der Waals surface area contributed by atoms with E-state index >= 15 is 0 Å². The van der Waals surface area contributed by atoms with Crippen molar-refractivity contribution in [1.82, 2.24) is 14.1 Å². The van der Waals surface area contributed by atoms with Gasteiger partial charge in [-0.15, -0.1) is 0 Å². The molecule has 2 heterocycles. The van der Waals surface area contributed by atoms with E-state index in [1.54, 1.807) is 42.8 Å². The Morgan fingerprint density at radius 1 is 1.45 bits per heavy atom. The summed E-state index contributed by atoms with van der Waals surface area (Å²) in [6.07, 6.45) is -5.40. The highest BCUT2D eigenvalue weighted by Gasteiger charge is 2.32. The Kier molecular flexibility index (Phi) is 1.83. The molecular weight excluding hydrogens is 274 g/mol. The summed E-state index contributed by atoms with van der Waals surface area (Å²) in [5, 5.41) is 0.587. The van der Waals surface area contributed by atoms with E-state index in [4.69, 9.17) is 8.22 Å². The lowest BCUT2D eigenvalue weighted by Crippen LogP contribution is -2.27. The number of hydrogen-bond donors (Lipinski definition) is 0. The molecule has 0 amide bonds. The monoisotopic (exact) mass is 299 g/mol. The van der Waals surface area contributed by atoms with Crippen molar-refractivity contribution >= 4 is 16.7 Å². The van der Waals surface area contributed by atoms with Gasteiger partial charge in [-0.2, -0.15) is 0 Å².